The van der Waals surface area contributed by atoms with Crippen LogP contribution in [0.1, 0.15) is 17.3 Å². The van der Waals surface area contributed by atoms with E-state index in [-0.39, 0.29) is 12.1 Å². The van der Waals surface area contributed by atoms with Gasteiger partial charge in [-0.15, -0.1) is 0 Å². The topological polar surface area (TPSA) is 55.0 Å². The summed E-state index contributed by atoms with van der Waals surface area (Å²) in [6.07, 6.45) is 2.94. The molecule has 1 N–H and O–H groups in total. The Morgan fingerprint density at radius 1 is 1.62 bits per heavy atom. The van der Waals surface area contributed by atoms with Crippen molar-refractivity contribution < 1.29 is 9.53 Å². The van der Waals surface area contributed by atoms with Crippen LogP contribution < -0.4 is 0 Å². The van der Waals surface area contributed by atoms with E-state index in [0.717, 1.165) is 5.39 Å². The van der Waals surface area contributed by atoms with Crippen molar-refractivity contribution in [3.63, 3.8) is 0 Å². The number of carbonyl (C=O) groups is 1. The molecule has 1 atom stereocenters. The Balaban J connectivity index is 2.35. The van der Waals surface area contributed by atoms with Crippen molar-refractivity contribution >= 4 is 16.9 Å². The van der Waals surface area contributed by atoms with Crippen LogP contribution in [0.2, 0.25) is 0 Å². The third kappa shape index (κ3) is 1.82. The molecule has 4 heteroatoms. The molecule has 0 aliphatic heterocycles. The Kier molecular flexibility index (Phi) is 2.72. The van der Waals surface area contributed by atoms with Crippen LogP contribution in [0.3, 0.4) is 0 Å². The normalized spacial score (nSPS) is 12.3. The number of fused-ring (bicyclic) bond motifs is 1. The Hall–Kier alpha value is -2.10. The van der Waals surface area contributed by atoms with E-state index in [1.807, 2.05) is 6.07 Å². The quantitative estimate of drug-likeness (QED) is 0.632. The second-order valence-corrected chi connectivity index (χ2v) is 3.49. The number of para-hydroxylation sites is 1. The van der Waals surface area contributed by atoms with Gasteiger partial charge in [-0.2, -0.15) is 5.10 Å². The van der Waals surface area contributed by atoms with Crippen molar-refractivity contribution in [2.45, 2.75) is 13.0 Å². The number of benzene rings is 1. The first-order valence-corrected chi connectivity index (χ1v) is 4.98. The molecule has 1 aromatic carbocycles. The van der Waals surface area contributed by atoms with Crippen LogP contribution in [-0.4, -0.2) is 22.3 Å². The molecule has 0 aliphatic rings. The summed E-state index contributed by atoms with van der Waals surface area (Å²) in [6, 6.07) is 5.39. The zero-order valence-corrected chi connectivity index (χ0v) is 8.93. The zero-order valence-electron chi connectivity index (χ0n) is 8.93. The van der Waals surface area contributed by atoms with Crippen molar-refractivity contribution in [2.24, 2.45) is 0 Å². The number of nitrogens with zero attached hydrogens (tertiary/aromatic N) is 1. The van der Waals surface area contributed by atoms with Gasteiger partial charge in [-0.05, 0) is 13.0 Å². The summed E-state index contributed by atoms with van der Waals surface area (Å²) in [5.41, 5.74) is 1.19. The van der Waals surface area contributed by atoms with Crippen molar-refractivity contribution in [1.82, 2.24) is 10.2 Å². The minimum Gasteiger partial charge on any atom is -0.455 e. The molecule has 0 fully saturated rings. The third-order valence-electron chi connectivity index (χ3n) is 2.32. The largest absolute Gasteiger partial charge is 0.455 e. The number of hydrogen-bond acceptors (Lipinski definition) is 3. The summed E-state index contributed by atoms with van der Waals surface area (Å²) in [5, 5.41) is 7.56. The van der Waals surface area contributed by atoms with Gasteiger partial charge in [0, 0.05) is 5.39 Å². The highest BCUT2D eigenvalue weighted by molar-refractivity contribution is 6.02. The van der Waals surface area contributed by atoms with Crippen LogP contribution in [0.15, 0.2) is 37.1 Å². The molecule has 1 unspecified atom stereocenters. The third-order valence-corrected chi connectivity index (χ3v) is 2.32. The van der Waals surface area contributed by atoms with Gasteiger partial charge in [-0.3, -0.25) is 5.10 Å². The van der Waals surface area contributed by atoms with Gasteiger partial charge in [-0.25, -0.2) is 4.79 Å². The van der Waals surface area contributed by atoms with Crippen LogP contribution in [0.5, 0.6) is 0 Å². The van der Waals surface area contributed by atoms with Gasteiger partial charge >= 0.3 is 5.97 Å². The van der Waals surface area contributed by atoms with E-state index in [1.54, 1.807) is 31.3 Å². The molecular weight excluding hydrogens is 204 g/mol. The number of aromatic amines is 1. The van der Waals surface area contributed by atoms with Crippen LogP contribution in [-0.2, 0) is 4.74 Å². The smallest absolute Gasteiger partial charge is 0.340 e. The molecular formula is C12H12N2O2. The fourth-order valence-electron chi connectivity index (χ4n) is 1.42. The molecule has 0 amide bonds. The van der Waals surface area contributed by atoms with Crippen LogP contribution >= 0.6 is 0 Å². The highest BCUT2D eigenvalue weighted by Crippen LogP contribution is 2.17. The predicted molar refractivity (Wildman–Crippen MR) is 61.2 cm³/mol. The number of carbonyl (C=O) groups excluding carboxylic acids is 1. The summed E-state index contributed by atoms with van der Waals surface area (Å²) in [7, 11) is 0. The predicted octanol–water partition coefficient (Wildman–Crippen LogP) is 2.29. The number of nitrogens with one attached hydrogen (secondary N) is 1. The standard InChI is InChI=1S/C12H12N2O2/c1-3-8(2)16-12(15)10-6-4-5-9-7-13-14-11(9)10/h3-8H,1H2,2H3,(H,13,14). The second-order valence-electron chi connectivity index (χ2n) is 3.49. The number of esters is 1. The number of ether oxygens (including phenoxy) is 1. The van der Waals surface area contributed by atoms with Crippen molar-refractivity contribution in [2.75, 3.05) is 0 Å². The molecule has 0 spiro atoms. The summed E-state index contributed by atoms with van der Waals surface area (Å²) < 4.78 is 5.16. The maximum Gasteiger partial charge on any atom is 0.340 e. The molecule has 0 saturated carbocycles. The average molecular weight is 216 g/mol. The van der Waals surface area contributed by atoms with E-state index in [9.17, 15) is 4.79 Å². The van der Waals surface area contributed by atoms with Gasteiger partial charge in [-0.1, -0.05) is 24.8 Å². The number of rotatable bonds is 3. The maximum atomic E-state index is 11.8. The number of hydrogen-bond donors (Lipinski definition) is 1. The van der Waals surface area contributed by atoms with E-state index in [0.29, 0.717) is 11.1 Å². The fourth-order valence-corrected chi connectivity index (χ4v) is 1.42. The van der Waals surface area contributed by atoms with E-state index in [1.165, 1.54) is 0 Å². The lowest BCUT2D eigenvalue weighted by molar-refractivity contribution is 0.0427. The molecule has 0 radical (unpaired) electrons. The molecule has 0 bridgehead atoms. The van der Waals surface area contributed by atoms with Crippen molar-refractivity contribution in [3.8, 4) is 0 Å². The lowest BCUT2D eigenvalue weighted by Gasteiger charge is -2.08. The van der Waals surface area contributed by atoms with Crippen LogP contribution in [0.25, 0.3) is 10.9 Å². The lowest BCUT2D eigenvalue weighted by Crippen LogP contribution is -2.12. The Morgan fingerprint density at radius 3 is 3.19 bits per heavy atom. The number of aromatic nitrogens is 2. The molecule has 2 aromatic rings. The Labute approximate surface area is 92.9 Å². The van der Waals surface area contributed by atoms with Gasteiger partial charge in [0.25, 0.3) is 0 Å². The minimum absolute atomic E-state index is 0.300. The molecule has 16 heavy (non-hydrogen) atoms. The van der Waals surface area contributed by atoms with E-state index >= 15 is 0 Å². The second kappa shape index (κ2) is 4.18. The fraction of sp³-hybridized carbons (Fsp3) is 0.167. The summed E-state index contributed by atoms with van der Waals surface area (Å²) in [6.45, 7) is 5.32. The summed E-state index contributed by atoms with van der Waals surface area (Å²) in [5.74, 6) is -0.373. The van der Waals surface area contributed by atoms with Crippen LogP contribution in [0.4, 0.5) is 0 Å². The highest BCUT2D eigenvalue weighted by Gasteiger charge is 2.14. The molecule has 82 valence electrons. The van der Waals surface area contributed by atoms with Gasteiger partial charge in [0.2, 0.25) is 0 Å². The lowest BCUT2D eigenvalue weighted by atomic mass is 10.1. The SMILES string of the molecule is C=CC(C)OC(=O)c1cccc2cn[nH]c12. The summed E-state index contributed by atoms with van der Waals surface area (Å²) in [4.78, 5) is 11.8. The first-order chi connectivity index (χ1) is 7.72. The number of H-pyrrole nitrogens is 1. The zero-order chi connectivity index (χ0) is 11.5. The molecule has 0 aliphatic carbocycles. The van der Waals surface area contributed by atoms with Gasteiger partial charge in [0.05, 0.1) is 17.3 Å². The van der Waals surface area contributed by atoms with E-state index in [2.05, 4.69) is 16.8 Å². The van der Waals surface area contributed by atoms with Crippen LogP contribution in [0, 0.1) is 0 Å². The first kappa shape index (κ1) is 10.4. The molecule has 0 saturated heterocycles. The monoisotopic (exact) mass is 216 g/mol. The molecule has 1 heterocycles. The minimum atomic E-state index is -0.373. The highest BCUT2D eigenvalue weighted by atomic mass is 16.5. The molecule has 1 aromatic heterocycles. The van der Waals surface area contributed by atoms with Gasteiger partial charge < -0.3 is 4.74 Å². The van der Waals surface area contributed by atoms with Crippen molar-refractivity contribution in [3.05, 3.63) is 42.6 Å². The van der Waals surface area contributed by atoms with E-state index < -0.39 is 0 Å². The summed E-state index contributed by atoms with van der Waals surface area (Å²) >= 11 is 0. The van der Waals surface area contributed by atoms with Gasteiger partial charge in [0.15, 0.2) is 0 Å². The van der Waals surface area contributed by atoms with E-state index in [4.69, 9.17) is 4.74 Å². The van der Waals surface area contributed by atoms with Gasteiger partial charge in [0.1, 0.15) is 6.10 Å². The maximum absolute atomic E-state index is 11.8. The first-order valence-electron chi connectivity index (χ1n) is 4.98. The molecule has 2 rings (SSSR count). The molecule has 4 nitrogen and oxygen atoms in total. The Bertz CT molecular complexity index is 531. The average Bonchev–Trinajstić information content (AvgIpc) is 2.76. The Morgan fingerprint density at radius 2 is 2.44 bits per heavy atom. The van der Waals surface area contributed by atoms with Crippen molar-refractivity contribution in [1.29, 1.82) is 0 Å².